The summed E-state index contributed by atoms with van der Waals surface area (Å²) in [5.41, 5.74) is 4.67. The molecule has 2 aromatic heterocycles. The van der Waals surface area contributed by atoms with E-state index in [0.29, 0.717) is 33.6 Å². The Morgan fingerprint density at radius 1 is 1.06 bits per heavy atom. The third-order valence-corrected chi connectivity index (χ3v) is 7.35. The standard InChI is InChI=1S/C29H33N3O4/c1-17-14-21(19(3)30-23-9-7-6-8-20(23)26-18(2)28(34)31-36-26)27-22(15-17)24(33)16-25(35-27)32-12-10-29(4,5)11-13-32/h6-9,14-16,19,30H,10-13H2,1-5H3,(H,31,34). The minimum absolute atomic E-state index is 0.0293. The van der Waals surface area contributed by atoms with Crippen molar-refractivity contribution in [2.45, 2.75) is 53.5 Å². The van der Waals surface area contributed by atoms with Crippen molar-refractivity contribution in [2.24, 2.45) is 5.41 Å². The SMILES string of the molecule is Cc1cc(C(C)Nc2ccccc2-c2o[nH]c(=O)c2C)c2oc(N3CCC(C)(C)CC3)cc(=O)c2c1. The number of rotatable bonds is 5. The van der Waals surface area contributed by atoms with E-state index in [1.807, 2.05) is 44.2 Å². The van der Waals surface area contributed by atoms with Gasteiger partial charge in [-0.3, -0.25) is 9.59 Å². The minimum Gasteiger partial charge on any atom is -0.440 e. The highest BCUT2D eigenvalue weighted by Gasteiger charge is 2.27. The summed E-state index contributed by atoms with van der Waals surface area (Å²) in [5.74, 6) is 1.14. The molecule has 0 saturated carbocycles. The molecule has 0 amide bonds. The lowest BCUT2D eigenvalue weighted by Gasteiger charge is -2.37. The van der Waals surface area contributed by atoms with Gasteiger partial charge in [0.15, 0.2) is 17.1 Å². The van der Waals surface area contributed by atoms with E-state index in [1.165, 1.54) is 0 Å². The fraction of sp³-hybridized carbons (Fsp3) is 0.379. The maximum absolute atomic E-state index is 13.2. The van der Waals surface area contributed by atoms with Gasteiger partial charge >= 0.3 is 0 Å². The van der Waals surface area contributed by atoms with Crippen LogP contribution in [-0.2, 0) is 0 Å². The van der Waals surface area contributed by atoms with E-state index in [4.69, 9.17) is 8.94 Å². The van der Waals surface area contributed by atoms with Gasteiger partial charge in [0.2, 0.25) is 0 Å². The van der Waals surface area contributed by atoms with Gasteiger partial charge in [-0.15, -0.1) is 0 Å². The number of aromatic amines is 1. The fourth-order valence-corrected chi connectivity index (χ4v) is 4.96. The van der Waals surface area contributed by atoms with Crippen molar-refractivity contribution in [3.05, 3.63) is 79.7 Å². The van der Waals surface area contributed by atoms with Gasteiger partial charge in [0.1, 0.15) is 5.58 Å². The molecular weight excluding hydrogens is 454 g/mol. The molecular formula is C29H33N3O4. The van der Waals surface area contributed by atoms with E-state index < -0.39 is 0 Å². The molecule has 2 aromatic carbocycles. The molecule has 0 bridgehead atoms. The summed E-state index contributed by atoms with van der Waals surface area (Å²) in [4.78, 5) is 27.3. The Balaban J connectivity index is 1.54. The van der Waals surface area contributed by atoms with Crippen molar-refractivity contribution in [1.29, 1.82) is 0 Å². The molecule has 0 spiro atoms. The third kappa shape index (κ3) is 4.45. The number of H-pyrrole nitrogens is 1. The molecule has 36 heavy (non-hydrogen) atoms. The first-order chi connectivity index (χ1) is 17.1. The second kappa shape index (κ2) is 9.04. The predicted molar refractivity (Wildman–Crippen MR) is 144 cm³/mol. The first-order valence-corrected chi connectivity index (χ1v) is 12.5. The van der Waals surface area contributed by atoms with Crippen LogP contribution in [0.4, 0.5) is 11.6 Å². The normalized spacial score (nSPS) is 16.3. The molecule has 3 heterocycles. The molecule has 7 nitrogen and oxygen atoms in total. The van der Waals surface area contributed by atoms with Gasteiger partial charge in [0, 0.05) is 36.0 Å². The number of hydrogen-bond donors (Lipinski definition) is 2. The lowest BCUT2D eigenvalue weighted by Crippen LogP contribution is -2.37. The van der Waals surface area contributed by atoms with Crippen molar-refractivity contribution in [1.82, 2.24) is 5.16 Å². The van der Waals surface area contributed by atoms with Crippen LogP contribution in [0.2, 0.25) is 0 Å². The molecule has 7 heteroatoms. The molecule has 1 saturated heterocycles. The van der Waals surface area contributed by atoms with Crippen LogP contribution in [0.1, 0.15) is 56.3 Å². The largest absolute Gasteiger partial charge is 0.440 e. The highest BCUT2D eigenvalue weighted by molar-refractivity contribution is 5.83. The van der Waals surface area contributed by atoms with Gasteiger partial charge < -0.3 is 19.2 Å². The first-order valence-electron chi connectivity index (χ1n) is 12.5. The average molecular weight is 488 g/mol. The summed E-state index contributed by atoms with van der Waals surface area (Å²) >= 11 is 0. The Labute approximate surface area is 210 Å². The maximum atomic E-state index is 13.2. The zero-order valence-corrected chi connectivity index (χ0v) is 21.5. The van der Waals surface area contributed by atoms with E-state index in [2.05, 4.69) is 35.3 Å². The molecule has 0 aliphatic carbocycles. The summed E-state index contributed by atoms with van der Waals surface area (Å²) in [6.07, 6.45) is 2.11. The second-order valence-corrected chi connectivity index (χ2v) is 10.7. The molecule has 5 rings (SSSR count). The van der Waals surface area contributed by atoms with Crippen LogP contribution in [-0.4, -0.2) is 18.2 Å². The highest BCUT2D eigenvalue weighted by Crippen LogP contribution is 2.36. The minimum atomic E-state index is -0.243. The number of anilines is 2. The van der Waals surface area contributed by atoms with Crippen LogP contribution < -0.4 is 21.2 Å². The molecule has 1 unspecified atom stereocenters. The molecule has 1 atom stereocenters. The Bertz CT molecular complexity index is 1530. The smallest absolute Gasteiger partial charge is 0.283 e. The molecule has 4 aromatic rings. The molecule has 1 aliphatic heterocycles. The van der Waals surface area contributed by atoms with Crippen LogP contribution >= 0.6 is 0 Å². The van der Waals surface area contributed by atoms with Crippen LogP contribution in [0.3, 0.4) is 0 Å². The zero-order chi connectivity index (χ0) is 25.6. The van der Waals surface area contributed by atoms with Crippen LogP contribution in [0.15, 0.2) is 61.0 Å². The summed E-state index contributed by atoms with van der Waals surface area (Å²) in [6, 6.07) is 13.1. The number of nitrogens with zero attached hydrogens (tertiary/aromatic N) is 1. The van der Waals surface area contributed by atoms with Gasteiger partial charge in [-0.05, 0) is 62.8 Å². The molecule has 2 N–H and O–H groups in total. The van der Waals surface area contributed by atoms with E-state index >= 15 is 0 Å². The topological polar surface area (TPSA) is 91.5 Å². The Morgan fingerprint density at radius 2 is 1.78 bits per heavy atom. The number of aromatic nitrogens is 1. The monoisotopic (exact) mass is 487 g/mol. The van der Waals surface area contributed by atoms with Crippen LogP contribution in [0, 0.1) is 19.3 Å². The lowest BCUT2D eigenvalue weighted by molar-refractivity contribution is 0.274. The van der Waals surface area contributed by atoms with E-state index in [-0.39, 0.29) is 17.0 Å². The van der Waals surface area contributed by atoms with E-state index in [0.717, 1.165) is 48.3 Å². The quantitative estimate of drug-likeness (QED) is 0.350. The van der Waals surface area contributed by atoms with E-state index in [9.17, 15) is 9.59 Å². The molecule has 188 valence electrons. The molecule has 1 fully saturated rings. The number of para-hydroxylation sites is 1. The number of piperidine rings is 1. The van der Waals surface area contributed by atoms with E-state index in [1.54, 1.807) is 13.0 Å². The molecule has 1 aliphatic rings. The lowest BCUT2D eigenvalue weighted by atomic mass is 9.83. The Kier molecular flexibility index (Phi) is 6.02. The number of fused-ring (bicyclic) bond motifs is 1. The van der Waals surface area contributed by atoms with Gasteiger partial charge in [-0.25, -0.2) is 0 Å². The first kappa shape index (κ1) is 24.0. The Morgan fingerprint density at radius 3 is 2.47 bits per heavy atom. The van der Waals surface area contributed by atoms with Crippen molar-refractivity contribution >= 4 is 22.5 Å². The Hall–Kier alpha value is -3.74. The highest BCUT2D eigenvalue weighted by atomic mass is 16.5. The van der Waals surface area contributed by atoms with Crippen molar-refractivity contribution < 1.29 is 8.94 Å². The number of aryl methyl sites for hydroxylation is 1. The van der Waals surface area contributed by atoms with Crippen LogP contribution in [0.25, 0.3) is 22.3 Å². The van der Waals surface area contributed by atoms with Crippen LogP contribution in [0.5, 0.6) is 0 Å². The summed E-state index contributed by atoms with van der Waals surface area (Å²) in [5, 5.41) is 6.56. The zero-order valence-electron chi connectivity index (χ0n) is 21.5. The summed E-state index contributed by atoms with van der Waals surface area (Å²) < 4.78 is 11.9. The van der Waals surface area contributed by atoms with Crippen molar-refractivity contribution in [3.63, 3.8) is 0 Å². The molecule has 0 radical (unpaired) electrons. The number of nitrogens with one attached hydrogen (secondary N) is 2. The maximum Gasteiger partial charge on any atom is 0.283 e. The fourth-order valence-electron chi connectivity index (χ4n) is 4.96. The summed E-state index contributed by atoms with van der Waals surface area (Å²) in [6.45, 7) is 12.1. The van der Waals surface area contributed by atoms with Gasteiger partial charge in [0.05, 0.1) is 17.0 Å². The van der Waals surface area contributed by atoms with Crippen molar-refractivity contribution in [2.75, 3.05) is 23.3 Å². The average Bonchev–Trinajstić information content (AvgIpc) is 3.17. The third-order valence-electron chi connectivity index (χ3n) is 7.35. The number of benzene rings is 2. The predicted octanol–water partition coefficient (Wildman–Crippen LogP) is 6.16. The van der Waals surface area contributed by atoms with Gasteiger partial charge in [0.25, 0.3) is 5.56 Å². The van der Waals surface area contributed by atoms with Gasteiger partial charge in [-0.1, -0.05) is 32.0 Å². The summed E-state index contributed by atoms with van der Waals surface area (Å²) in [7, 11) is 0. The van der Waals surface area contributed by atoms with Gasteiger partial charge in [-0.2, -0.15) is 5.16 Å². The second-order valence-electron chi connectivity index (χ2n) is 10.7. The number of hydrogen-bond acceptors (Lipinski definition) is 6. The van der Waals surface area contributed by atoms with Crippen molar-refractivity contribution in [3.8, 4) is 11.3 Å².